The van der Waals surface area contributed by atoms with Crippen molar-refractivity contribution in [1.82, 2.24) is 0 Å². The third kappa shape index (κ3) is 4.42. The van der Waals surface area contributed by atoms with Crippen LogP contribution in [-0.2, 0) is 14.9 Å². The van der Waals surface area contributed by atoms with Gasteiger partial charge in [0, 0.05) is 12.6 Å². The molecule has 0 amide bonds. The number of nitro groups is 1. The Kier molecular flexibility index (Phi) is 5.59. The van der Waals surface area contributed by atoms with Crippen molar-refractivity contribution in [2.24, 2.45) is 0 Å². The van der Waals surface area contributed by atoms with E-state index in [1.807, 2.05) is 17.0 Å². The Bertz CT molecular complexity index is 548. The van der Waals surface area contributed by atoms with Gasteiger partial charge in [-0.15, -0.1) is 0 Å². The van der Waals surface area contributed by atoms with E-state index in [1.165, 1.54) is 0 Å². The lowest BCUT2D eigenvalue weighted by atomic mass is 9.86. The summed E-state index contributed by atoms with van der Waals surface area (Å²) in [5.74, 6) is 0. The van der Waals surface area contributed by atoms with Gasteiger partial charge in [0.25, 0.3) is 5.69 Å². The molecule has 2 rings (SSSR count). The summed E-state index contributed by atoms with van der Waals surface area (Å²) in [6, 6.07) is 5.51. The summed E-state index contributed by atoms with van der Waals surface area (Å²) in [4.78, 5) is 13.2. The SMILES string of the molecule is CCCN(CC1OCCO1)c1ccc(C(C)(C)C)cc1[N+](=O)[O-]. The quantitative estimate of drug-likeness (QED) is 0.592. The second-order valence-electron chi connectivity index (χ2n) is 6.83. The van der Waals surface area contributed by atoms with Crippen LogP contribution in [0.1, 0.15) is 39.7 Å². The molecular weight excluding hydrogens is 296 g/mol. The number of nitro benzene ring substituents is 1. The van der Waals surface area contributed by atoms with Crippen LogP contribution in [0.15, 0.2) is 18.2 Å². The first-order chi connectivity index (χ1) is 10.8. The van der Waals surface area contributed by atoms with E-state index in [-0.39, 0.29) is 22.3 Å². The maximum Gasteiger partial charge on any atom is 0.292 e. The van der Waals surface area contributed by atoms with Crippen molar-refractivity contribution < 1.29 is 14.4 Å². The van der Waals surface area contributed by atoms with Crippen molar-refractivity contribution in [3.05, 3.63) is 33.9 Å². The molecule has 1 aliphatic heterocycles. The fourth-order valence-corrected chi connectivity index (χ4v) is 2.68. The average Bonchev–Trinajstić information content (AvgIpc) is 2.98. The summed E-state index contributed by atoms with van der Waals surface area (Å²) in [6.45, 7) is 10.6. The molecule has 6 heteroatoms. The van der Waals surface area contributed by atoms with Crippen LogP contribution in [0.2, 0.25) is 0 Å². The summed E-state index contributed by atoms with van der Waals surface area (Å²) >= 11 is 0. The fraction of sp³-hybridized carbons (Fsp3) is 0.647. The van der Waals surface area contributed by atoms with Crippen LogP contribution in [0.4, 0.5) is 11.4 Å². The summed E-state index contributed by atoms with van der Waals surface area (Å²) in [5, 5.41) is 11.6. The number of nitrogens with zero attached hydrogens (tertiary/aromatic N) is 2. The summed E-state index contributed by atoms with van der Waals surface area (Å²) in [6.07, 6.45) is 0.577. The summed E-state index contributed by atoms with van der Waals surface area (Å²) in [7, 11) is 0. The number of anilines is 1. The normalized spacial score (nSPS) is 15.8. The number of ether oxygens (including phenoxy) is 2. The van der Waals surface area contributed by atoms with Gasteiger partial charge in [0.15, 0.2) is 6.29 Å². The van der Waals surface area contributed by atoms with Gasteiger partial charge < -0.3 is 14.4 Å². The number of benzene rings is 1. The zero-order chi connectivity index (χ0) is 17.0. The molecule has 0 radical (unpaired) electrons. The standard InChI is InChI=1S/C17H26N2O4/c1-5-8-18(12-16-22-9-10-23-16)14-7-6-13(17(2,3)4)11-15(14)19(20)21/h6-7,11,16H,5,8-10,12H2,1-4H3. The molecule has 0 unspecified atom stereocenters. The molecule has 0 spiro atoms. The van der Waals surface area contributed by atoms with Crippen molar-refractivity contribution in [2.75, 3.05) is 31.2 Å². The molecule has 1 saturated heterocycles. The molecule has 0 atom stereocenters. The maximum absolute atomic E-state index is 11.6. The van der Waals surface area contributed by atoms with Gasteiger partial charge in [-0.25, -0.2) is 0 Å². The zero-order valence-corrected chi connectivity index (χ0v) is 14.4. The monoisotopic (exact) mass is 322 g/mol. The smallest absolute Gasteiger partial charge is 0.292 e. The molecule has 1 aliphatic rings. The number of hydrogen-bond acceptors (Lipinski definition) is 5. The van der Waals surface area contributed by atoms with Crippen LogP contribution >= 0.6 is 0 Å². The molecule has 1 aromatic rings. The number of hydrogen-bond donors (Lipinski definition) is 0. The first kappa shape index (κ1) is 17.7. The maximum atomic E-state index is 11.6. The van der Waals surface area contributed by atoms with Crippen LogP contribution < -0.4 is 4.90 Å². The van der Waals surface area contributed by atoms with Crippen molar-refractivity contribution >= 4 is 11.4 Å². The molecular formula is C17H26N2O4. The Morgan fingerprint density at radius 1 is 1.30 bits per heavy atom. The molecule has 0 aliphatic carbocycles. The van der Waals surface area contributed by atoms with E-state index >= 15 is 0 Å². The highest BCUT2D eigenvalue weighted by Crippen LogP contribution is 2.34. The molecule has 1 heterocycles. The van der Waals surface area contributed by atoms with Crippen LogP contribution in [0.3, 0.4) is 0 Å². The highest BCUT2D eigenvalue weighted by molar-refractivity contribution is 5.65. The van der Waals surface area contributed by atoms with E-state index in [0.29, 0.717) is 25.4 Å². The average molecular weight is 322 g/mol. The lowest BCUT2D eigenvalue weighted by Crippen LogP contribution is -2.34. The summed E-state index contributed by atoms with van der Waals surface area (Å²) < 4.78 is 11.0. The van der Waals surface area contributed by atoms with E-state index in [2.05, 4.69) is 27.7 Å². The largest absolute Gasteiger partial charge is 0.361 e. The Labute approximate surface area is 137 Å². The highest BCUT2D eigenvalue weighted by atomic mass is 16.7. The third-order valence-corrected chi connectivity index (χ3v) is 3.93. The van der Waals surface area contributed by atoms with Crippen molar-refractivity contribution in [3.63, 3.8) is 0 Å². The first-order valence-corrected chi connectivity index (χ1v) is 8.10. The Hall–Kier alpha value is -1.66. The molecule has 1 aromatic carbocycles. The predicted molar refractivity (Wildman–Crippen MR) is 90.0 cm³/mol. The first-order valence-electron chi connectivity index (χ1n) is 8.10. The molecule has 0 bridgehead atoms. The Morgan fingerprint density at radius 3 is 2.48 bits per heavy atom. The second-order valence-corrected chi connectivity index (χ2v) is 6.83. The van der Waals surface area contributed by atoms with Gasteiger partial charge in [-0.05, 0) is 23.5 Å². The third-order valence-electron chi connectivity index (χ3n) is 3.93. The fourth-order valence-electron chi connectivity index (χ4n) is 2.68. The molecule has 128 valence electrons. The Balaban J connectivity index is 2.34. The molecule has 6 nitrogen and oxygen atoms in total. The molecule has 0 aromatic heterocycles. The van der Waals surface area contributed by atoms with Crippen LogP contribution in [-0.4, -0.2) is 37.5 Å². The topological polar surface area (TPSA) is 64.8 Å². The number of rotatable bonds is 6. The second kappa shape index (κ2) is 7.27. The van der Waals surface area contributed by atoms with Crippen LogP contribution in [0, 0.1) is 10.1 Å². The highest BCUT2D eigenvalue weighted by Gasteiger charge is 2.26. The van der Waals surface area contributed by atoms with Gasteiger partial charge in [0.1, 0.15) is 5.69 Å². The Morgan fingerprint density at radius 2 is 1.96 bits per heavy atom. The van der Waals surface area contributed by atoms with Gasteiger partial charge >= 0.3 is 0 Å². The van der Waals surface area contributed by atoms with E-state index in [4.69, 9.17) is 9.47 Å². The van der Waals surface area contributed by atoms with E-state index in [1.54, 1.807) is 6.07 Å². The van der Waals surface area contributed by atoms with Gasteiger partial charge in [-0.3, -0.25) is 10.1 Å². The molecule has 0 N–H and O–H groups in total. The van der Waals surface area contributed by atoms with Gasteiger partial charge in [-0.1, -0.05) is 33.8 Å². The molecule has 0 saturated carbocycles. The van der Waals surface area contributed by atoms with E-state index in [0.717, 1.165) is 18.5 Å². The van der Waals surface area contributed by atoms with Gasteiger partial charge in [-0.2, -0.15) is 0 Å². The lowest BCUT2D eigenvalue weighted by Gasteiger charge is -2.27. The van der Waals surface area contributed by atoms with Crippen molar-refractivity contribution in [3.8, 4) is 0 Å². The van der Waals surface area contributed by atoms with Crippen molar-refractivity contribution in [1.29, 1.82) is 0 Å². The predicted octanol–water partition coefficient (Wildman–Crippen LogP) is 3.48. The van der Waals surface area contributed by atoms with Gasteiger partial charge in [0.2, 0.25) is 0 Å². The van der Waals surface area contributed by atoms with Crippen LogP contribution in [0.25, 0.3) is 0 Å². The minimum absolute atomic E-state index is 0.128. The minimum Gasteiger partial charge on any atom is -0.361 e. The van der Waals surface area contributed by atoms with Gasteiger partial charge in [0.05, 0.1) is 24.7 Å². The van der Waals surface area contributed by atoms with E-state index in [9.17, 15) is 10.1 Å². The van der Waals surface area contributed by atoms with Crippen LogP contribution in [0.5, 0.6) is 0 Å². The lowest BCUT2D eigenvalue weighted by molar-refractivity contribution is -0.384. The molecule has 23 heavy (non-hydrogen) atoms. The van der Waals surface area contributed by atoms with Crippen molar-refractivity contribution in [2.45, 2.75) is 45.8 Å². The van der Waals surface area contributed by atoms with E-state index < -0.39 is 0 Å². The zero-order valence-electron chi connectivity index (χ0n) is 14.4. The minimum atomic E-state index is -0.316. The molecule has 1 fully saturated rings. The summed E-state index contributed by atoms with van der Waals surface area (Å²) in [5.41, 5.74) is 1.60.